The van der Waals surface area contributed by atoms with Gasteiger partial charge in [0.15, 0.2) is 0 Å². The monoisotopic (exact) mass is 267 g/mol. The number of aliphatic hydroxyl groups is 1. The Morgan fingerprint density at radius 1 is 1.10 bits per heavy atom. The maximum atomic E-state index is 11.1. The first-order valence-electron chi connectivity index (χ1n) is 7.11. The first-order chi connectivity index (χ1) is 9.50. The molecule has 2 heteroatoms. The molecule has 0 aliphatic carbocycles. The van der Waals surface area contributed by atoms with Gasteiger partial charge in [-0.15, -0.1) is 0 Å². The normalized spacial score (nSPS) is 20.5. The zero-order valence-electron chi connectivity index (χ0n) is 12.3. The second kappa shape index (κ2) is 4.72. The fourth-order valence-electron chi connectivity index (χ4n) is 3.02. The Labute approximate surface area is 120 Å². The van der Waals surface area contributed by atoms with Crippen molar-refractivity contribution in [2.45, 2.75) is 39.0 Å². The molecule has 2 atom stereocenters. The van der Waals surface area contributed by atoms with E-state index in [9.17, 15) is 5.11 Å². The Bertz CT molecular complexity index is 646. The Kier molecular flexibility index (Phi) is 3.15. The van der Waals surface area contributed by atoms with Crippen molar-refractivity contribution in [3.05, 3.63) is 70.3 Å². The van der Waals surface area contributed by atoms with Crippen LogP contribution in [0.25, 0.3) is 0 Å². The third-order valence-electron chi connectivity index (χ3n) is 4.52. The molecule has 1 heterocycles. The van der Waals surface area contributed by atoms with Crippen LogP contribution in [-0.2, 0) is 12.1 Å². The first kappa shape index (κ1) is 13.3. The van der Waals surface area contributed by atoms with E-state index in [-0.39, 0.29) is 6.04 Å². The average molecular weight is 267 g/mol. The minimum atomic E-state index is -0.912. The van der Waals surface area contributed by atoms with E-state index in [0.717, 1.165) is 12.1 Å². The van der Waals surface area contributed by atoms with E-state index in [2.05, 4.69) is 43.4 Å². The molecular weight excluding hydrogens is 246 g/mol. The summed E-state index contributed by atoms with van der Waals surface area (Å²) in [7, 11) is 0. The zero-order valence-corrected chi connectivity index (χ0v) is 12.3. The van der Waals surface area contributed by atoms with E-state index in [0.29, 0.717) is 0 Å². The molecule has 0 saturated carbocycles. The molecule has 0 saturated heterocycles. The van der Waals surface area contributed by atoms with Gasteiger partial charge >= 0.3 is 0 Å². The molecule has 0 bridgehead atoms. The van der Waals surface area contributed by atoms with Crippen LogP contribution < -0.4 is 5.32 Å². The second-order valence-electron chi connectivity index (χ2n) is 5.96. The molecule has 1 aliphatic rings. The summed E-state index contributed by atoms with van der Waals surface area (Å²) in [5, 5.41) is 14.5. The Balaban J connectivity index is 2.02. The van der Waals surface area contributed by atoms with Crippen molar-refractivity contribution in [3.8, 4) is 0 Å². The summed E-state index contributed by atoms with van der Waals surface area (Å²) >= 11 is 0. The van der Waals surface area contributed by atoms with Gasteiger partial charge in [0.1, 0.15) is 5.60 Å². The predicted octanol–water partition coefficient (Wildman–Crippen LogP) is 3.36. The topological polar surface area (TPSA) is 32.3 Å². The third kappa shape index (κ3) is 2.05. The van der Waals surface area contributed by atoms with Gasteiger partial charge in [-0.2, -0.15) is 0 Å². The summed E-state index contributed by atoms with van der Waals surface area (Å²) in [5.74, 6) is 0. The number of aryl methyl sites for hydroxylation is 2. The summed E-state index contributed by atoms with van der Waals surface area (Å²) in [6, 6.07) is 14.5. The predicted molar refractivity (Wildman–Crippen MR) is 81.5 cm³/mol. The van der Waals surface area contributed by atoms with Crippen molar-refractivity contribution in [3.63, 3.8) is 0 Å². The fourth-order valence-corrected chi connectivity index (χ4v) is 3.02. The van der Waals surface area contributed by atoms with Gasteiger partial charge in [0.2, 0.25) is 0 Å². The van der Waals surface area contributed by atoms with Crippen LogP contribution >= 0.6 is 0 Å². The van der Waals surface area contributed by atoms with E-state index >= 15 is 0 Å². The van der Waals surface area contributed by atoms with E-state index < -0.39 is 5.60 Å². The minimum Gasteiger partial charge on any atom is -0.383 e. The Hall–Kier alpha value is -1.64. The van der Waals surface area contributed by atoms with Crippen LogP contribution in [-0.4, -0.2) is 5.11 Å². The number of rotatable bonds is 2. The summed E-state index contributed by atoms with van der Waals surface area (Å²) in [6.45, 7) is 6.90. The maximum absolute atomic E-state index is 11.1. The van der Waals surface area contributed by atoms with Gasteiger partial charge in [0, 0.05) is 6.54 Å². The van der Waals surface area contributed by atoms with E-state index in [1.54, 1.807) is 0 Å². The highest BCUT2D eigenvalue weighted by molar-refractivity contribution is 5.40. The van der Waals surface area contributed by atoms with E-state index in [1.807, 2.05) is 25.1 Å². The lowest BCUT2D eigenvalue weighted by atomic mass is 9.83. The number of fused-ring (bicyclic) bond motifs is 1. The molecule has 104 valence electrons. The fraction of sp³-hybridized carbons (Fsp3) is 0.333. The van der Waals surface area contributed by atoms with Gasteiger partial charge < -0.3 is 10.4 Å². The lowest BCUT2D eigenvalue weighted by molar-refractivity contribution is 0.0177. The quantitative estimate of drug-likeness (QED) is 0.874. The highest BCUT2D eigenvalue weighted by Crippen LogP contribution is 2.40. The molecule has 2 N–H and O–H groups in total. The van der Waals surface area contributed by atoms with Gasteiger partial charge in [-0.3, -0.25) is 0 Å². The van der Waals surface area contributed by atoms with Crippen molar-refractivity contribution in [1.29, 1.82) is 0 Å². The summed E-state index contributed by atoms with van der Waals surface area (Å²) in [4.78, 5) is 0. The van der Waals surface area contributed by atoms with Crippen LogP contribution in [0.3, 0.4) is 0 Å². The van der Waals surface area contributed by atoms with Crippen molar-refractivity contribution >= 4 is 0 Å². The molecule has 2 aromatic carbocycles. The molecule has 2 aromatic rings. The molecule has 2 nitrogen and oxygen atoms in total. The lowest BCUT2D eigenvalue weighted by Gasteiger charge is -2.32. The SMILES string of the molecule is Cc1ccc(C(C)(O)C2NCc3ccccc32)cc1C. The molecule has 20 heavy (non-hydrogen) atoms. The lowest BCUT2D eigenvalue weighted by Crippen LogP contribution is -2.35. The highest BCUT2D eigenvalue weighted by Gasteiger charge is 2.38. The highest BCUT2D eigenvalue weighted by atomic mass is 16.3. The third-order valence-corrected chi connectivity index (χ3v) is 4.52. The molecule has 1 aliphatic heterocycles. The minimum absolute atomic E-state index is 0.0548. The Morgan fingerprint density at radius 2 is 1.85 bits per heavy atom. The van der Waals surface area contributed by atoms with E-state index in [1.165, 1.54) is 22.3 Å². The van der Waals surface area contributed by atoms with Crippen LogP contribution in [0.2, 0.25) is 0 Å². The van der Waals surface area contributed by atoms with Gasteiger partial charge in [-0.25, -0.2) is 0 Å². The molecule has 0 spiro atoms. The number of benzene rings is 2. The van der Waals surface area contributed by atoms with Crippen molar-refractivity contribution < 1.29 is 5.11 Å². The molecule has 0 radical (unpaired) electrons. The Morgan fingerprint density at radius 3 is 2.60 bits per heavy atom. The van der Waals surface area contributed by atoms with Crippen LogP contribution in [0.5, 0.6) is 0 Å². The standard InChI is InChI=1S/C18H21NO/c1-12-8-9-15(10-13(12)2)18(3,20)17-16-7-5-4-6-14(16)11-19-17/h4-10,17,19-20H,11H2,1-3H3. The molecule has 3 rings (SSSR count). The van der Waals surface area contributed by atoms with Gasteiger partial charge in [-0.1, -0.05) is 42.5 Å². The number of nitrogens with one attached hydrogen (secondary N) is 1. The second-order valence-corrected chi connectivity index (χ2v) is 5.96. The van der Waals surface area contributed by atoms with Crippen LogP contribution in [0, 0.1) is 13.8 Å². The van der Waals surface area contributed by atoms with Gasteiger partial charge in [0.05, 0.1) is 6.04 Å². The smallest absolute Gasteiger partial charge is 0.106 e. The van der Waals surface area contributed by atoms with Crippen molar-refractivity contribution in [2.24, 2.45) is 0 Å². The van der Waals surface area contributed by atoms with Gasteiger partial charge in [-0.05, 0) is 48.6 Å². The van der Waals surface area contributed by atoms with Crippen molar-refractivity contribution in [1.82, 2.24) is 5.32 Å². The van der Waals surface area contributed by atoms with Crippen LogP contribution in [0.1, 0.15) is 40.8 Å². The molecule has 0 amide bonds. The zero-order chi connectivity index (χ0) is 14.3. The summed E-state index contributed by atoms with van der Waals surface area (Å²) in [5.41, 5.74) is 5.01. The molecule has 2 unspecified atom stereocenters. The average Bonchev–Trinajstić information content (AvgIpc) is 2.86. The van der Waals surface area contributed by atoms with Crippen LogP contribution in [0.15, 0.2) is 42.5 Å². The first-order valence-corrected chi connectivity index (χ1v) is 7.11. The van der Waals surface area contributed by atoms with Crippen molar-refractivity contribution in [2.75, 3.05) is 0 Å². The number of hydrogen-bond donors (Lipinski definition) is 2. The summed E-state index contributed by atoms with van der Waals surface area (Å²) in [6.07, 6.45) is 0. The molecule has 0 aromatic heterocycles. The molecular formula is C18H21NO. The van der Waals surface area contributed by atoms with Crippen LogP contribution in [0.4, 0.5) is 0 Å². The maximum Gasteiger partial charge on any atom is 0.106 e. The molecule has 0 fully saturated rings. The largest absolute Gasteiger partial charge is 0.383 e. The summed E-state index contributed by atoms with van der Waals surface area (Å²) < 4.78 is 0. The number of hydrogen-bond acceptors (Lipinski definition) is 2. The van der Waals surface area contributed by atoms with E-state index in [4.69, 9.17) is 0 Å². The van der Waals surface area contributed by atoms with Gasteiger partial charge in [0.25, 0.3) is 0 Å².